The zero-order chi connectivity index (χ0) is 13.6. The molecule has 3 rings (SSSR count). The van der Waals surface area contributed by atoms with Crippen molar-refractivity contribution in [3.8, 4) is 5.69 Å². The van der Waals surface area contributed by atoms with Gasteiger partial charge in [-0.05, 0) is 40.3 Å². The predicted molar refractivity (Wildman–Crippen MR) is 74.6 cm³/mol. The van der Waals surface area contributed by atoms with Crippen LogP contribution in [0.2, 0.25) is 0 Å². The maximum atomic E-state index is 4.10. The Morgan fingerprint density at radius 2 is 1.85 bits per heavy atom. The van der Waals surface area contributed by atoms with E-state index in [0.717, 1.165) is 11.3 Å². The molecule has 0 aliphatic rings. The minimum Gasteiger partial charge on any atom is -0.265 e. The Hall–Kier alpha value is -3.09. The number of pyridine rings is 1. The van der Waals surface area contributed by atoms with Gasteiger partial charge in [0.25, 0.3) is 5.95 Å². The van der Waals surface area contributed by atoms with Gasteiger partial charge in [0.1, 0.15) is 0 Å². The molecule has 0 fully saturated rings. The Balaban J connectivity index is 1.76. The Bertz CT molecular complexity index is 691. The van der Waals surface area contributed by atoms with Gasteiger partial charge < -0.3 is 0 Å². The van der Waals surface area contributed by atoms with Crippen LogP contribution in [0.5, 0.6) is 0 Å². The van der Waals surface area contributed by atoms with E-state index in [2.05, 4.69) is 31.0 Å². The van der Waals surface area contributed by atoms with Gasteiger partial charge in [0.05, 0.1) is 11.9 Å². The third kappa shape index (κ3) is 2.66. The summed E-state index contributed by atoms with van der Waals surface area (Å²) in [4.78, 5) is 3.94. The molecule has 0 saturated heterocycles. The van der Waals surface area contributed by atoms with Crippen molar-refractivity contribution in [2.24, 2.45) is 5.10 Å². The van der Waals surface area contributed by atoms with Gasteiger partial charge in [-0.1, -0.05) is 23.3 Å². The normalized spacial score (nSPS) is 10.8. The molecule has 0 spiro atoms. The third-order valence-electron chi connectivity index (χ3n) is 2.55. The molecule has 1 N–H and O–H groups in total. The highest BCUT2D eigenvalue weighted by Gasteiger charge is 2.05. The molecule has 98 valence electrons. The van der Waals surface area contributed by atoms with Crippen LogP contribution >= 0.6 is 0 Å². The summed E-state index contributed by atoms with van der Waals surface area (Å²) >= 11 is 0. The second-order valence-electron chi connectivity index (χ2n) is 3.90. The molecular formula is C13H11N7. The maximum absolute atomic E-state index is 4.10. The van der Waals surface area contributed by atoms with Crippen LogP contribution in [0.1, 0.15) is 5.56 Å². The molecule has 2 aromatic heterocycles. The first kappa shape index (κ1) is 12.0. The molecule has 0 amide bonds. The molecule has 0 radical (unpaired) electrons. The zero-order valence-corrected chi connectivity index (χ0v) is 10.5. The standard InChI is InChI=1S/C13H11N7/c1-2-4-12(5-3-1)20-13(17-18-19-20)16-15-10-11-6-8-14-9-7-11/h1-10H,(H,16,17,19)/b15-10-. The molecule has 7 heteroatoms. The monoisotopic (exact) mass is 265 g/mol. The number of hydrazone groups is 1. The van der Waals surface area contributed by atoms with E-state index in [9.17, 15) is 0 Å². The summed E-state index contributed by atoms with van der Waals surface area (Å²) in [6, 6.07) is 13.3. The highest BCUT2D eigenvalue weighted by Crippen LogP contribution is 2.10. The largest absolute Gasteiger partial charge is 0.268 e. The second-order valence-corrected chi connectivity index (χ2v) is 3.90. The SMILES string of the molecule is C(=N/Nc1nnnn1-c1ccccc1)/c1ccncc1. The van der Waals surface area contributed by atoms with Crippen molar-refractivity contribution in [2.75, 3.05) is 5.43 Å². The van der Waals surface area contributed by atoms with Crippen LogP contribution in [0, 0.1) is 0 Å². The summed E-state index contributed by atoms with van der Waals surface area (Å²) in [5.74, 6) is 0.446. The van der Waals surface area contributed by atoms with Crippen LogP contribution in [0.3, 0.4) is 0 Å². The number of tetrazole rings is 1. The molecule has 0 atom stereocenters. The molecule has 0 bridgehead atoms. The van der Waals surface area contributed by atoms with Crippen molar-refractivity contribution in [2.45, 2.75) is 0 Å². The first-order valence-corrected chi connectivity index (χ1v) is 5.96. The fourth-order valence-corrected chi connectivity index (χ4v) is 1.61. The van der Waals surface area contributed by atoms with Crippen LogP contribution in [-0.4, -0.2) is 31.4 Å². The van der Waals surface area contributed by atoms with Gasteiger partial charge in [-0.25, -0.2) is 5.43 Å². The second kappa shape index (κ2) is 5.70. The lowest BCUT2D eigenvalue weighted by atomic mass is 10.3. The molecule has 2 heterocycles. The average molecular weight is 265 g/mol. The number of nitrogens with one attached hydrogen (secondary N) is 1. The fourth-order valence-electron chi connectivity index (χ4n) is 1.61. The lowest BCUT2D eigenvalue weighted by Gasteiger charge is -2.02. The Kier molecular flexibility index (Phi) is 3.41. The Morgan fingerprint density at radius 1 is 1.05 bits per heavy atom. The fraction of sp³-hybridized carbons (Fsp3) is 0. The Morgan fingerprint density at radius 3 is 2.65 bits per heavy atom. The van der Waals surface area contributed by atoms with Gasteiger partial charge in [0, 0.05) is 12.4 Å². The smallest absolute Gasteiger partial charge is 0.265 e. The number of nitrogens with zero attached hydrogens (tertiary/aromatic N) is 6. The van der Waals surface area contributed by atoms with Gasteiger partial charge in [0.2, 0.25) is 0 Å². The summed E-state index contributed by atoms with van der Waals surface area (Å²) in [6.45, 7) is 0. The van der Waals surface area contributed by atoms with Crippen LogP contribution in [0.25, 0.3) is 5.69 Å². The van der Waals surface area contributed by atoms with Gasteiger partial charge in [-0.15, -0.1) is 0 Å². The topological polar surface area (TPSA) is 80.9 Å². The van der Waals surface area contributed by atoms with Crippen LogP contribution in [0.15, 0.2) is 60.0 Å². The van der Waals surface area contributed by atoms with E-state index in [1.165, 1.54) is 0 Å². The zero-order valence-electron chi connectivity index (χ0n) is 10.5. The predicted octanol–water partition coefficient (Wildman–Crippen LogP) is 1.50. The van der Waals surface area contributed by atoms with Crippen molar-refractivity contribution in [3.63, 3.8) is 0 Å². The molecule has 0 saturated carbocycles. The minimum atomic E-state index is 0.446. The quantitative estimate of drug-likeness (QED) is 0.571. The highest BCUT2D eigenvalue weighted by atomic mass is 15.6. The molecular weight excluding hydrogens is 254 g/mol. The highest BCUT2D eigenvalue weighted by molar-refractivity contribution is 5.79. The summed E-state index contributed by atoms with van der Waals surface area (Å²) in [5.41, 5.74) is 4.61. The number of hydrogen-bond acceptors (Lipinski definition) is 6. The number of anilines is 1. The number of aromatic nitrogens is 5. The van der Waals surface area contributed by atoms with E-state index < -0.39 is 0 Å². The third-order valence-corrected chi connectivity index (χ3v) is 2.55. The van der Waals surface area contributed by atoms with Gasteiger partial charge in [-0.3, -0.25) is 4.98 Å². The lowest BCUT2D eigenvalue weighted by molar-refractivity contribution is 0.790. The van der Waals surface area contributed by atoms with E-state index in [4.69, 9.17) is 0 Å². The van der Waals surface area contributed by atoms with E-state index in [-0.39, 0.29) is 0 Å². The summed E-state index contributed by atoms with van der Waals surface area (Å²) in [6.07, 6.45) is 5.08. The minimum absolute atomic E-state index is 0.446. The Labute approximate surface area is 115 Å². The van der Waals surface area contributed by atoms with Crippen LogP contribution in [-0.2, 0) is 0 Å². The van der Waals surface area contributed by atoms with Crippen molar-refractivity contribution in [1.82, 2.24) is 25.2 Å². The summed E-state index contributed by atoms with van der Waals surface area (Å²) < 4.78 is 1.57. The number of benzene rings is 1. The van der Waals surface area contributed by atoms with Gasteiger partial charge in [-0.2, -0.15) is 9.78 Å². The van der Waals surface area contributed by atoms with Gasteiger partial charge in [0.15, 0.2) is 0 Å². The number of rotatable bonds is 4. The molecule has 3 aromatic rings. The molecule has 1 aromatic carbocycles. The van der Waals surface area contributed by atoms with Crippen LogP contribution < -0.4 is 5.43 Å². The van der Waals surface area contributed by atoms with Crippen molar-refractivity contribution in [1.29, 1.82) is 0 Å². The van der Waals surface area contributed by atoms with Crippen molar-refractivity contribution < 1.29 is 0 Å². The average Bonchev–Trinajstić information content (AvgIpc) is 2.98. The molecule has 0 aliphatic carbocycles. The van der Waals surface area contributed by atoms with E-state index in [1.807, 2.05) is 42.5 Å². The maximum Gasteiger partial charge on any atom is 0.268 e. The summed E-state index contributed by atoms with van der Waals surface area (Å²) in [7, 11) is 0. The number of hydrogen-bond donors (Lipinski definition) is 1. The van der Waals surface area contributed by atoms with Gasteiger partial charge >= 0.3 is 0 Å². The van der Waals surface area contributed by atoms with Crippen molar-refractivity contribution >= 4 is 12.2 Å². The first-order chi connectivity index (χ1) is 9.93. The van der Waals surface area contributed by atoms with Crippen molar-refractivity contribution in [3.05, 3.63) is 60.4 Å². The molecule has 0 unspecified atom stereocenters. The van der Waals surface area contributed by atoms with E-state index in [0.29, 0.717) is 5.95 Å². The van der Waals surface area contributed by atoms with E-state index in [1.54, 1.807) is 23.3 Å². The lowest BCUT2D eigenvalue weighted by Crippen LogP contribution is -2.03. The summed E-state index contributed by atoms with van der Waals surface area (Å²) in [5, 5.41) is 15.6. The molecule has 0 aliphatic heterocycles. The van der Waals surface area contributed by atoms with E-state index >= 15 is 0 Å². The first-order valence-electron chi connectivity index (χ1n) is 5.96. The molecule has 7 nitrogen and oxygen atoms in total. The number of para-hydroxylation sites is 1. The molecule has 20 heavy (non-hydrogen) atoms. The van der Waals surface area contributed by atoms with Crippen LogP contribution in [0.4, 0.5) is 5.95 Å².